The van der Waals surface area contributed by atoms with Gasteiger partial charge in [0.25, 0.3) is 0 Å². The highest BCUT2D eigenvalue weighted by atomic mass is 16.3. The highest BCUT2D eigenvalue weighted by Gasteiger charge is 2.26. The number of aliphatic imine (C=N–C) groups is 1. The first-order chi connectivity index (χ1) is 5.92. The zero-order chi connectivity index (χ0) is 8.39. The fourth-order valence-electron chi connectivity index (χ4n) is 2.11. The van der Waals surface area contributed by atoms with E-state index in [-0.39, 0.29) is 6.61 Å². The van der Waals surface area contributed by atoms with Crippen LogP contribution in [0.25, 0.3) is 0 Å². The highest BCUT2D eigenvalue weighted by Crippen LogP contribution is 2.21. The van der Waals surface area contributed by atoms with Gasteiger partial charge in [-0.15, -0.1) is 0 Å². The fraction of sp³-hybridized carbons (Fsp3) is 0.889. The van der Waals surface area contributed by atoms with Gasteiger partial charge in [0, 0.05) is 25.6 Å². The van der Waals surface area contributed by atoms with Crippen molar-refractivity contribution in [1.82, 2.24) is 4.90 Å². The van der Waals surface area contributed by atoms with E-state index in [1.54, 1.807) is 0 Å². The average molecular weight is 168 g/mol. The lowest BCUT2D eigenvalue weighted by Gasteiger charge is -2.37. The second-order valence-corrected chi connectivity index (χ2v) is 3.60. The van der Waals surface area contributed by atoms with Crippen molar-refractivity contribution in [2.24, 2.45) is 10.9 Å². The summed E-state index contributed by atoms with van der Waals surface area (Å²) in [6.07, 6.45) is 3.51. The fourth-order valence-corrected chi connectivity index (χ4v) is 2.11. The molecule has 1 saturated heterocycles. The van der Waals surface area contributed by atoms with Crippen LogP contribution < -0.4 is 0 Å². The van der Waals surface area contributed by atoms with Crippen LogP contribution in [0.3, 0.4) is 0 Å². The Morgan fingerprint density at radius 2 is 2.25 bits per heavy atom. The van der Waals surface area contributed by atoms with Gasteiger partial charge in [0.2, 0.25) is 0 Å². The molecule has 0 saturated carbocycles. The van der Waals surface area contributed by atoms with Crippen molar-refractivity contribution < 1.29 is 5.11 Å². The predicted molar refractivity (Wildman–Crippen MR) is 48.3 cm³/mol. The number of rotatable bonds is 1. The van der Waals surface area contributed by atoms with E-state index in [0.29, 0.717) is 5.92 Å². The van der Waals surface area contributed by atoms with Gasteiger partial charge in [-0.1, -0.05) is 0 Å². The Kier molecular flexibility index (Phi) is 2.30. The summed E-state index contributed by atoms with van der Waals surface area (Å²) in [6.45, 7) is 3.53. The number of hydrogen-bond donors (Lipinski definition) is 1. The van der Waals surface area contributed by atoms with Crippen molar-refractivity contribution in [1.29, 1.82) is 0 Å². The first-order valence-corrected chi connectivity index (χ1v) is 4.82. The summed E-state index contributed by atoms with van der Waals surface area (Å²) in [6, 6.07) is 0. The lowest BCUT2D eigenvalue weighted by Crippen LogP contribution is -2.45. The number of amidine groups is 1. The van der Waals surface area contributed by atoms with E-state index < -0.39 is 0 Å². The Morgan fingerprint density at radius 1 is 1.42 bits per heavy atom. The monoisotopic (exact) mass is 168 g/mol. The number of piperidine rings is 1. The van der Waals surface area contributed by atoms with Crippen LogP contribution in [-0.4, -0.2) is 42.1 Å². The summed E-state index contributed by atoms with van der Waals surface area (Å²) < 4.78 is 0. The third-order valence-corrected chi connectivity index (χ3v) is 2.75. The molecule has 1 atom stereocenters. The molecule has 1 fully saturated rings. The summed E-state index contributed by atoms with van der Waals surface area (Å²) >= 11 is 0. The van der Waals surface area contributed by atoms with Gasteiger partial charge in [-0.25, -0.2) is 0 Å². The molecule has 12 heavy (non-hydrogen) atoms. The van der Waals surface area contributed by atoms with Crippen molar-refractivity contribution >= 4 is 5.84 Å². The van der Waals surface area contributed by atoms with Crippen LogP contribution >= 0.6 is 0 Å². The zero-order valence-electron chi connectivity index (χ0n) is 7.37. The van der Waals surface area contributed by atoms with Crippen LogP contribution in [0.15, 0.2) is 4.99 Å². The smallest absolute Gasteiger partial charge is 0.104 e. The molecule has 0 aromatic carbocycles. The largest absolute Gasteiger partial charge is 0.396 e. The topological polar surface area (TPSA) is 35.8 Å². The summed E-state index contributed by atoms with van der Waals surface area (Å²) in [7, 11) is 0. The molecule has 68 valence electrons. The van der Waals surface area contributed by atoms with Gasteiger partial charge in [-0.05, 0) is 19.3 Å². The van der Waals surface area contributed by atoms with Crippen molar-refractivity contribution in [2.75, 3.05) is 26.2 Å². The Morgan fingerprint density at radius 3 is 3.08 bits per heavy atom. The zero-order valence-corrected chi connectivity index (χ0v) is 7.37. The van der Waals surface area contributed by atoms with E-state index in [1.165, 1.54) is 18.7 Å². The Balaban J connectivity index is 2.12. The van der Waals surface area contributed by atoms with Crippen LogP contribution in [0, 0.1) is 5.92 Å². The molecule has 1 unspecified atom stereocenters. The molecule has 0 amide bonds. The summed E-state index contributed by atoms with van der Waals surface area (Å²) in [4.78, 5) is 6.83. The highest BCUT2D eigenvalue weighted by molar-refractivity contribution is 5.85. The van der Waals surface area contributed by atoms with E-state index in [0.717, 1.165) is 26.1 Å². The SMILES string of the molecule is OCC1CCCN2CCCN=C12. The van der Waals surface area contributed by atoms with Crippen molar-refractivity contribution in [3.05, 3.63) is 0 Å². The number of fused-ring (bicyclic) bond motifs is 1. The summed E-state index contributed by atoms with van der Waals surface area (Å²) in [5.74, 6) is 1.51. The number of nitrogens with zero attached hydrogens (tertiary/aromatic N) is 2. The van der Waals surface area contributed by atoms with Gasteiger partial charge in [-0.2, -0.15) is 0 Å². The van der Waals surface area contributed by atoms with Gasteiger partial charge in [-0.3, -0.25) is 4.99 Å². The molecule has 0 aromatic heterocycles. The first-order valence-electron chi connectivity index (χ1n) is 4.82. The molecule has 2 rings (SSSR count). The van der Waals surface area contributed by atoms with Crippen LogP contribution in [0.1, 0.15) is 19.3 Å². The molecule has 0 spiro atoms. The van der Waals surface area contributed by atoms with E-state index in [2.05, 4.69) is 9.89 Å². The van der Waals surface area contributed by atoms with Crippen molar-refractivity contribution in [2.45, 2.75) is 19.3 Å². The molecule has 1 N–H and O–H groups in total. The third-order valence-electron chi connectivity index (χ3n) is 2.75. The molecule has 2 aliphatic rings. The van der Waals surface area contributed by atoms with E-state index in [4.69, 9.17) is 5.11 Å². The van der Waals surface area contributed by atoms with E-state index in [1.807, 2.05) is 0 Å². The molecular weight excluding hydrogens is 152 g/mol. The number of aliphatic hydroxyl groups excluding tert-OH is 1. The molecule has 0 bridgehead atoms. The summed E-state index contributed by atoms with van der Waals surface area (Å²) in [5.41, 5.74) is 0. The molecule has 0 aromatic rings. The Hall–Kier alpha value is -0.570. The molecule has 0 aliphatic carbocycles. The minimum Gasteiger partial charge on any atom is -0.396 e. The predicted octanol–water partition coefficient (Wildman–Crippen LogP) is 0.493. The third kappa shape index (κ3) is 1.33. The average Bonchev–Trinajstić information content (AvgIpc) is 2.17. The first kappa shape index (κ1) is 8.05. The van der Waals surface area contributed by atoms with Crippen LogP contribution in [0.4, 0.5) is 0 Å². The van der Waals surface area contributed by atoms with Gasteiger partial charge >= 0.3 is 0 Å². The maximum atomic E-state index is 9.12. The quantitative estimate of drug-likeness (QED) is 0.618. The number of hydrogen-bond acceptors (Lipinski definition) is 3. The van der Waals surface area contributed by atoms with E-state index >= 15 is 0 Å². The van der Waals surface area contributed by atoms with Crippen LogP contribution in [0.5, 0.6) is 0 Å². The van der Waals surface area contributed by atoms with Gasteiger partial charge in [0.1, 0.15) is 5.84 Å². The van der Waals surface area contributed by atoms with Crippen LogP contribution in [-0.2, 0) is 0 Å². The normalized spacial score (nSPS) is 29.6. The van der Waals surface area contributed by atoms with Gasteiger partial charge < -0.3 is 10.0 Å². The lowest BCUT2D eigenvalue weighted by atomic mass is 9.96. The van der Waals surface area contributed by atoms with E-state index in [9.17, 15) is 0 Å². The second-order valence-electron chi connectivity index (χ2n) is 3.60. The van der Waals surface area contributed by atoms with Crippen molar-refractivity contribution in [3.8, 4) is 0 Å². The standard InChI is InChI=1S/C9H16N2O/c12-7-8-3-1-5-11-6-2-4-10-9(8)11/h8,12H,1-7H2. The minimum atomic E-state index is 0.273. The second kappa shape index (κ2) is 3.44. The van der Waals surface area contributed by atoms with Crippen LogP contribution in [0.2, 0.25) is 0 Å². The maximum Gasteiger partial charge on any atom is 0.104 e. The summed E-state index contributed by atoms with van der Waals surface area (Å²) in [5, 5.41) is 9.12. The number of aliphatic hydroxyl groups is 1. The minimum absolute atomic E-state index is 0.273. The Labute approximate surface area is 73.1 Å². The Bertz CT molecular complexity index is 191. The molecule has 3 nitrogen and oxygen atoms in total. The maximum absolute atomic E-state index is 9.12. The van der Waals surface area contributed by atoms with Gasteiger partial charge in [0.05, 0.1) is 6.61 Å². The molecule has 3 heteroatoms. The molecule has 0 radical (unpaired) electrons. The van der Waals surface area contributed by atoms with Crippen molar-refractivity contribution in [3.63, 3.8) is 0 Å². The molecular formula is C9H16N2O. The molecule has 2 aliphatic heterocycles. The molecule has 2 heterocycles. The lowest BCUT2D eigenvalue weighted by molar-refractivity contribution is 0.214. The van der Waals surface area contributed by atoms with Gasteiger partial charge in [0.15, 0.2) is 0 Å².